The van der Waals surface area contributed by atoms with Crippen LogP contribution in [-0.4, -0.2) is 61.0 Å². The molecule has 3 rings (SSSR count). The molecule has 0 atom stereocenters. The van der Waals surface area contributed by atoms with Crippen molar-refractivity contribution in [3.05, 3.63) is 63.2 Å². The third-order valence-electron chi connectivity index (χ3n) is 3.69. The zero-order chi connectivity index (χ0) is 14.9. The first kappa shape index (κ1) is 20.0. The number of piperazine rings is 1. The molecule has 4 nitrogen and oxygen atoms in total. The van der Waals surface area contributed by atoms with Crippen LogP contribution in [0, 0.1) is 63.2 Å². The number of hydrogen-bond acceptors (Lipinski definition) is 4. The Morgan fingerprint density at radius 2 is 1.59 bits per heavy atom. The fourth-order valence-electron chi connectivity index (χ4n) is 2.37. The standard InChI is InChI=1S/C12H18N3O.C5H5.Fe/c1-14-5-7-15(8-6-14)10-12-4-2-3-11(12)9-13-16;1-2-4-5-3-1;/h2-4,9,16H,5-8,10H2,1H3;1-5H;/q;;+2/b13-9+;;. The van der Waals surface area contributed by atoms with E-state index < -0.39 is 0 Å². The first-order chi connectivity index (χ1) is 10.3. The maximum atomic E-state index is 8.55. The summed E-state index contributed by atoms with van der Waals surface area (Å²) in [4.78, 5) is 4.78. The van der Waals surface area contributed by atoms with Gasteiger partial charge in [-0.15, -0.1) is 5.16 Å². The van der Waals surface area contributed by atoms with E-state index >= 15 is 0 Å². The minimum Gasteiger partial charge on any atom is -0.411 e. The molecule has 1 heterocycles. The molecule has 0 spiro atoms. The monoisotopic (exact) mass is 341 g/mol. The van der Waals surface area contributed by atoms with Gasteiger partial charge in [0.05, 0.1) is 6.21 Å². The SMILES string of the molecule is CN1CCN(C[C]2[CH][CH][CH][C]2/C=N/O)CC1.[CH]1[CH][CH][CH][CH]1.[Fe+2]. The molecule has 22 heavy (non-hydrogen) atoms. The predicted molar refractivity (Wildman–Crippen MR) is 85.1 cm³/mol. The topological polar surface area (TPSA) is 39.1 Å². The Kier molecular flexibility index (Phi) is 10.4. The average Bonchev–Trinajstić information content (AvgIpc) is 3.17. The molecule has 3 fully saturated rings. The predicted octanol–water partition coefficient (Wildman–Crippen LogP) is 1.49. The van der Waals surface area contributed by atoms with Crippen LogP contribution in [0.4, 0.5) is 0 Å². The molecule has 0 amide bonds. The third kappa shape index (κ3) is 6.99. The summed E-state index contributed by atoms with van der Waals surface area (Å²) in [6.07, 6.45) is 17.6. The van der Waals surface area contributed by atoms with Crippen molar-refractivity contribution < 1.29 is 22.3 Å². The number of rotatable bonds is 3. The molecule has 118 valence electrons. The Morgan fingerprint density at radius 3 is 2.14 bits per heavy atom. The molecule has 10 radical (unpaired) electrons. The van der Waals surface area contributed by atoms with Crippen LogP contribution >= 0.6 is 0 Å². The Labute approximate surface area is 146 Å². The summed E-state index contributed by atoms with van der Waals surface area (Å²) < 4.78 is 0. The first-order valence-electron chi connectivity index (χ1n) is 7.29. The fraction of sp³-hybridized carbons (Fsp3) is 0.353. The summed E-state index contributed by atoms with van der Waals surface area (Å²) in [7, 11) is 2.16. The first-order valence-corrected chi connectivity index (χ1v) is 7.29. The Hall–Kier alpha value is -0.0905. The van der Waals surface area contributed by atoms with Gasteiger partial charge in [0.2, 0.25) is 0 Å². The van der Waals surface area contributed by atoms with Gasteiger partial charge in [-0.3, -0.25) is 0 Å². The van der Waals surface area contributed by atoms with E-state index in [0.29, 0.717) is 0 Å². The number of hydrogen-bond donors (Lipinski definition) is 1. The molecule has 0 aromatic rings. The van der Waals surface area contributed by atoms with E-state index in [9.17, 15) is 0 Å². The number of oxime groups is 1. The molecular weight excluding hydrogens is 318 g/mol. The molecule has 0 aromatic carbocycles. The van der Waals surface area contributed by atoms with Gasteiger partial charge in [0, 0.05) is 44.6 Å². The van der Waals surface area contributed by atoms with E-state index in [2.05, 4.69) is 28.4 Å². The zero-order valence-electron chi connectivity index (χ0n) is 12.9. The Morgan fingerprint density at radius 1 is 1.00 bits per heavy atom. The van der Waals surface area contributed by atoms with E-state index in [0.717, 1.165) is 38.6 Å². The third-order valence-corrected chi connectivity index (χ3v) is 3.69. The van der Waals surface area contributed by atoms with E-state index in [1.807, 2.05) is 44.9 Å². The molecule has 0 bridgehead atoms. The van der Waals surface area contributed by atoms with Gasteiger partial charge >= 0.3 is 17.1 Å². The summed E-state index contributed by atoms with van der Waals surface area (Å²) >= 11 is 0. The maximum Gasteiger partial charge on any atom is 2.00 e. The Balaban J connectivity index is 0.000000344. The van der Waals surface area contributed by atoms with Crippen molar-refractivity contribution in [2.45, 2.75) is 0 Å². The summed E-state index contributed by atoms with van der Waals surface area (Å²) in [5.41, 5.74) is 0. The van der Waals surface area contributed by atoms with Crippen LogP contribution in [0.3, 0.4) is 0 Å². The van der Waals surface area contributed by atoms with Crippen LogP contribution in [0.15, 0.2) is 5.16 Å². The van der Waals surface area contributed by atoms with Crippen LogP contribution in [0.1, 0.15) is 0 Å². The van der Waals surface area contributed by atoms with Crippen LogP contribution in [0.5, 0.6) is 0 Å². The quantitative estimate of drug-likeness (QED) is 0.366. The van der Waals surface area contributed by atoms with Gasteiger partial charge in [-0.05, 0) is 58.4 Å². The summed E-state index contributed by atoms with van der Waals surface area (Å²) in [6.45, 7) is 5.42. The van der Waals surface area contributed by atoms with Gasteiger partial charge in [0.15, 0.2) is 0 Å². The van der Waals surface area contributed by atoms with Crippen LogP contribution < -0.4 is 0 Å². The second-order valence-electron chi connectivity index (χ2n) is 5.29. The van der Waals surface area contributed by atoms with Gasteiger partial charge < -0.3 is 15.0 Å². The molecular formula is C17H23FeN3O+2. The second-order valence-corrected chi connectivity index (χ2v) is 5.29. The van der Waals surface area contributed by atoms with Gasteiger partial charge in [0.25, 0.3) is 0 Å². The summed E-state index contributed by atoms with van der Waals surface area (Å²) in [5.74, 6) is 2.25. The van der Waals surface area contributed by atoms with E-state index in [1.54, 1.807) is 0 Å². The van der Waals surface area contributed by atoms with Crippen LogP contribution in [-0.2, 0) is 17.1 Å². The minimum atomic E-state index is 0. The second kappa shape index (κ2) is 11.4. The fourth-order valence-corrected chi connectivity index (χ4v) is 2.37. The molecule has 2 saturated carbocycles. The molecule has 5 heteroatoms. The van der Waals surface area contributed by atoms with Gasteiger partial charge in [-0.25, -0.2) is 0 Å². The number of likely N-dealkylation sites (N-methyl/N-ethyl adjacent to an activating group) is 1. The molecule has 0 unspecified atom stereocenters. The molecule has 1 aliphatic heterocycles. The van der Waals surface area contributed by atoms with E-state index in [4.69, 9.17) is 5.21 Å². The van der Waals surface area contributed by atoms with Crippen LogP contribution in [0.25, 0.3) is 0 Å². The summed E-state index contributed by atoms with van der Waals surface area (Å²) in [5, 5.41) is 11.6. The number of nitrogens with zero attached hydrogens (tertiary/aromatic N) is 3. The average molecular weight is 341 g/mol. The molecule has 3 aliphatic rings. The smallest absolute Gasteiger partial charge is 0.411 e. The van der Waals surface area contributed by atoms with Gasteiger partial charge in [-0.2, -0.15) is 0 Å². The van der Waals surface area contributed by atoms with Crippen molar-refractivity contribution in [3.63, 3.8) is 0 Å². The zero-order valence-corrected chi connectivity index (χ0v) is 14.0. The van der Waals surface area contributed by atoms with Crippen molar-refractivity contribution in [1.82, 2.24) is 9.80 Å². The molecule has 0 aromatic heterocycles. The van der Waals surface area contributed by atoms with Gasteiger partial charge in [-0.1, -0.05) is 0 Å². The maximum absolute atomic E-state index is 8.55. The van der Waals surface area contributed by atoms with Crippen molar-refractivity contribution in [2.24, 2.45) is 5.16 Å². The largest absolute Gasteiger partial charge is 2.00 e. The van der Waals surface area contributed by atoms with Crippen molar-refractivity contribution >= 4 is 6.21 Å². The molecule has 2 aliphatic carbocycles. The van der Waals surface area contributed by atoms with Crippen LogP contribution in [0.2, 0.25) is 0 Å². The van der Waals surface area contributed by atoms with E-state index in [1.165, 1.54) is 12.1 Å². The van der Waals surface area contributed by atoms with Crippen molar-refractivity contribution in [1.29, 1.82) is 0 Å². The van der Waals surface area contributed by atoms with Crippen molar-refractivity contribution in [3.8, 4) is 0 Å². The minimum absolute atomic E-state index is 0. The Bertz CT molecular complexity index is 295. The van der Waals surface area contributed by atoms with Crippen molar-refractivity contribution in [2.75, 3.05) is 39.8 Å². The van der Waals surface area contributed by atoms with E-state index in [-0.39, 0.29) is 17.1 Å². The summed E-state index contributed by atoms with van der Waals surface area (Å²) in [6, 6.07) is 0. The molecule has 1 N–H and O–H groups in total. The normalized spacial score (nSPS) is 25.1. The van der Waals surface area contributed by atoms with Gasteiger partial charge in [0.1, 0.15) is 0 Å². The molecule has 1 saturated heterocycles.